The molecule has 2 rings (SSSR count). The van der Waals surface area contributed by atoms with Crippen LogP contribution < -0.4 is 0 Å². The average molecular weight is 360 g/mol. The van der Waals surface area contributed by atoms with Gasteiger partial charge in [-0.25, -0.2) is 8.42 Å². The fourth-order valence-corrected chi connectivity index (χ4v) is 3.99. The number of hydrogen-bond donors (Lipinski definition) is 0. The van der Waals surface area contributed by atoms with Crippen LogP contribution in [0.15, 0.2) is 28.7 Å². The molecule has 0 spiro atoms. The maximum absolute atomic E-state index is 12.1. The SMILES string of the molecule is O=C(CCN1CCCS(=O)(=O)CC1)c1cccc(Br)c1. The average Bonchev–Trinajstić information content (AvgIpc) is 2.57. The molecule has 1 aliphatic rings. The highest BCUT2D eigenvalue weighted by Crippen LogP contribution is 2.14. The first-order chi connectivity index (χ1) is 9.46. The van der Waals surface area contributed by atoms with E-state index in [1.165, 1.54) is 0 Å². The molecule has 1 saturated heterocycles. The van der Waals surface area contributed by atoms with Crippen LogP contribution in [0.25, 0.3) is 0 Å². The van der Waals surface area contributed by atoms with E-state index in [1.54, 1.807) is 6.07 Å². The van der Waals surface area contributed by atoms with Crippen molar-refractivity contribution in [1.82, 2.24) is 4.90 Å². The van der Waals surface area contributed by atoms with Gasteiger partial charge in [-0.2, -0.15) is 0 Å². The second kappa shape index (κ2) is 6.83. The molecule has 110 valence electrons. The number of halogens is 1. The smallest absolute Gasteiger partial charge is 0.164 e. The zero-order chi connectivity index (χ0) is 14.6. The normalized spacial score (nSPS) is 19.4. The van der Waals surface area contributed by atoms with Crippen LogP contribution in [0.4, 0.5) is 0 Å². The number of sulfone groups is 1. The lowest BCUT2D eigenvalue weighted by molar-refractivity contribution is 0.0966. The zero-order valence-electron chi connectivity index (χ0n) is 11.2. The number of carbonyl (C=O) groups is 1. The van der Waals surface area contributed by atoms with E-state index in [2.05, 4.69) is 20.8 Å². The fraction of sp³-hybridized carbons (Fsp3) is 0.500. The van der Waals surface area contributed by atoms with Crippen molar-refractivity contribution in [2.75, 3.05) is 31.1 Å². The van der Waals surface area contributed by atoms with Gasteiger partial charge in [0.05, 0.1) is 11.5 Å². The molecule has 1 heterocycles. The molecule has 4 nitrogen and oxygen atoms in total. The number of nitrogens with zero attached hydrogens (tertiary/aromatic N) is 1. The van der Waals surface area contributed by atoms with Crippen molar-refractivity contribution in [3.8, 4) is 0 Å². The van der Waals surface area contributed by atoms with Crippen molar-refractivity contribution in [3.63, 3.8) is 0 Å². The van der Waals surface area contributed by atoms with Crippen molar-refractivity contribution in [1.29, 1.82) is 0 Å². The van der Waals surface area contributed by atoms with Crippen LogP contribution in [0.2, 0.25) is 0 Å². The monoisotopic (exact) mass is 359 g/mol. The summed E-state index contributed by atoms with van der Waals surface area (Å²) >= 11 is 3.35. The Morgan fingerprint density at radius 2 is 2.05 bits per heavy atom. The van der Waals surface area contributed by atoms with E-state index in [9.17, 15) is 13.2 Å². The Hall–Kier alpha value is -0.720. The van der Waals surface area contributed by atoms with Crippen LogP contribution in [0, 0.1) is 0 Å². The minimum absolute atomic E-state index is 0.0957. The van der Waals surface area contributed by atoms with Crippen LogP contribution in [-0.2, 0) is 9.84 Å². The Morgan fingerprint density at radius 3 is 2.80 bits per heavy atom. The summed E-state index contributed by atoms with van der Waals surface area (Å²) in [5.74, 6) is 0.569. The van der Waals surface area contributed by atoms with Gasteiger partial charge in [0.25, 0.3) is 0 Å². The molecule has 0 radical (unpaired) electrons. The predicted molar refractivity (Wildman–Crippen MR) is 82.8 cm³/mol. The van der Waals surface area contributed by atoms with E-state index in [1.807, 2.05) is 18.2 Å². The molecule has 1 fully saturated rings. The van der Waals surface area contributed by atoms with Crippen molar-refractivity contribution in [2.24, 2.45) is 0 Å². The summed E-state index contributed by atoms with van der Waals surface area (Å²) in [5, 5.41) is 0. The lowest BCUT2D eigenvalue weighted by atomic mass is 10.1. The van der Waals surface area contributed by atoms with Crippen molar-refractivity contribution in [3.05, 3.63) is 34.3 Å². The first kappa shape index (κ1) is 15.7. The summed E-state index contributed by atoms with van der Waals surface area (Å²) in [6.45, 7) is 1.92. The fourth-order valence-electron chi connectivity index (χ4n) is 2.28. The molecule has 0 bridgehead atoms. The topological polar surface area (TPSA) is 54.5 Å². The molecule has 0 atom stereocenters. The van der Waals surface area contributed by atoms with Gasteiger partial charge in [0, 0.05) is 29.5 Å². The third kappa shape index (κ3) is 4.68. The van der Waals surface area contributed by atoms with Crippen molar-refractivity contribution >= 4 is 31.6 Å². The zero-order valence-corrected chi connectivity index (χ0v) is 13.6. The second-order valence-electron chi connectivity index (χ2n) is 5.03. The molecule has 0 saturated carbocycles. The maximum Gasteiger partial charge on any atom is 0.164 e. The first-order valence-corrected chi connectivity index (χ1v) is 9.29. The third-order valence-corrected chi connectivity index (χ3v) is 5.66. The number of rotatable bonds is 4. The van der Waals surface area contributed by atoms with E-state index in [-0.39, 0.29) is 17.3 Å². The Labute approximate surface area is 128 Å². The molecule has 20 heavy (non-hydrogen) atoms. The van der Waals surface area contributed by atoms with Crippen LogP contribution in [0.3, 0.4) is 0 Å². The maximum atomic E-state index is 12.1. The molecule has 1 aromatic carbocycles. The molecule has 0 aromatic heterocycles. The lowest BCUT2D eigenvalue weighted by Crippen LogP contribution is -2.29. The summed E-state index contributed by atoms with van der Waals surface area (Å²) in [4.78, 5) is 14.2. The van der Waals surface area contributed by atoms with E-state index in [0.29, 0.717) is 31.5 Å². The van der Waals surface area contributed by atoms with Gasteiger partial charge in [-0.1, -0.05) is 28.1 Å². The molecular weight excluding hydrogens is 342 g/mol. The Kier molecular flexibility index (Phi) is 5.35. The predicted octanol–water partition coefficient (Wildman–Crippen LogP) is 2.14. The van der Waals surface area contributed by atoms with Crippen molar-refractivity contribution in [2.45, 2.75) is 12.8 Å². The molecule has 1 aliphatic heterocycles. The quantitative estimate of drug-likeness (QED) is 0.772. The van der Waals surface area contributed by atoms with Gasteiger partial charge in [-0.3, -0.25) is 4.79 Å². The molecule has 0 N–H and O–H groups in total. The van der Waals surface area contributed by atoms with Gasteiger partial charge in [0.15, 0.2) is 15.6 Å². The van der Waals surface area contributed by atoms with Crippen LogP contribution in [0.1, 0.15) is 23.2 Å². The molecule has 0 amide bonds. The van der Waals surface area contributed by atoms with E-state index in [4.69, 9.17) is 0 Å². The van der Waals surface area contributed by atoms with Gasteiger partial charge in [0.1, 0.15) is 0 Å². The van der Waals surface area contributed by atoms with E-state index in [0.717, 1.165) is 11.0 Å². The van der Waals surface area contributed by atoms with Gasteiger partial charge < -0.3 is 4.90 Å². The van der Waals surface area contributed by atoms with Gasteiger partial charge in [-0.15, -0.1) is 0 Å². The standard InChI is InChI=1S/C14H18BrNO3S/c15-13-4-1-3-12(11-13)14(17)5-7-16-6-2-9-20(18,19)10-8-16/h1,3-4,11H,2,5-10H2. The molecule has 0 unspecified atom stereocenters. The van der Waals surface area contributed by atoms with E-state index >= 15 is 0 Å². The van der Waals surface area contributed by atoms with Crippen LogP contribution in [0.5, 0.6) is 0 Å². The highest BCUT2D eigenvalue weighted by molar-refractivity contribution is 9.10. The minimum Gasteiger partial charge on any atom is -0.302 e. The first-order valence-electron chi connectivity index (χ1n) is 6.68. The van der Waals surface area contributed by atoms with Gasteiger partial charge in [-0.05, 0) is 25.1 Å². The number of carbonyl (C=O) groups excluding carboxylic acids is 1. The van der Waals surface area contributed by atoms with Crippen molar-refractivity contribution < 1.29 is 13.2 Å². The third-order valence-electron chi connectivity index (χ3n) is 3.45. The summed E-state index contributed by atoms with van der Waals surface area (Å²) in [5.41, 5.74) is 0.696. The summed E-state index contributed by atoms with van der Waals surface area (Å²) in [6.07, 6.45) is 1.09. The minimum atomic E-state index is -2.88. The summed E-state index contributed by atoms with van der Waals surface area (Å²) < 4.78 is 23.9. The van der Waals surface area contributed by atoms with E-state index < -0.39 is 9.84 Å². The molecule has 1 aromatic rings. The van der Waals surface area contributed by atoms with Gasteiger partial charge in [0.2, 0.25) is 0 Å². The second-order valence-corrected chi connectivity index (χ2v) is 8.25. The number of Topliss-reactive ketones (excluding diaryl/α,β-unsaturated/α-hetero) is 1. The molecule has 6 heteroatoms. The van der Waals surface area contributed by atoms with Crippen LogP contribution >= 0.6 is 15.9 Å². The Balaban J connectivity index is 1.87. The molecular formula is C14H18BrNO3S. The number of ketones is 1. The number of benzene rings is 1. The largest absolute Gasteiger partial charge is 0.302 e. The van der Waals surface area contributed by atoms with Gasteiger partial charge >= 0.3 is 0 Å². The number of hydrogen-bond acceptors (Lipinski definition) is 4. The highest BCUT2D eigenvalue weighted by Gasteiger charge is 2.19. The summed E-state index contributed by atoms with van der Waals surface area (Å²) in [7, 11) is -2.88. The lowest BCUT2D eigenvalue weighted by Gasteiger charge is -2.18. The summed E-state index contributed by atoms with van der Waals surface area (Å²) in [6, 6.07) is 7.35. The Morgan fingerprint density at radius 1 is 1.25 bits per heavy atom. The Bertz CT molecular complexity index is 586. The molecule has 0 aliphatic carbocycles. The van der Waals surface area contributed by atoms with Crippen LogP contribution in [-0.4, -0.2) is 50.2 Å². The highest BCUT2D eigenvalue weighted by atomic mass is 79.9.